The predicted molar refractivity (Wildman–Crippen MR) is 224 cm³/mol. The Bertz CT molecular complexity index is 1100. The maximum absolute atomic E-state index is 12.6. The summed E-state index contributed by atoms with van der Waals surface area (Å²) in [6.07, 6.45) is 43.4. The van der Waals surface area contributed by atoms with Gasteiger partial charge in [0.1, 0.15) is 12.7 Å². The summed E-state index contributed by atoms with van der Waals surface area (Å²) in [7, 11) is -4.64. The molecule has 0 aromatic heterocycles. The molecule has 10 nitrogen and oxygen atoms in total. The molecule has 0 bridgehead atoms. The van der Waals surface area contributed by atoms with Crippen LogP contribution in [0.1, 0.15) is 168 Å². The van der Waals surface area contributed by atoms with Crippen LogP contribution < -0.4 is 0 Å². The molecule has 0 saturated carbocycles. The van der Waals surface area contributed by atoms with Gasteiger partial charge in [0.2, 0.25) is 0 Å². The molecule has 55 heavy (non-hydrogen) atoms. The second-order valence-corrected chi connectivity index (χ2v) is 15.5. The number of phosphoric ester groups is 1. The Morgan fingerprint density at radius 3 is 1.47 bits per heavy atom. The van der Waals surface area contributed by atoms with Gasteiger partial charge in [-0.25, -0.2) is 4.57 Å². The fraction of sp³-hybridized carbons (Fsp3) is 0.727. The van der Waals surface area contributed by atoms with E-state index in [1.54, 1.807) is 0 Å². The molecule has 0 aliphatic rings. The Kier molecular flexibility index (Phi) is 38.2. The highest BCUT2D eigenvalue weighted by Crippen LogP contribution is 2.43. The molecule has 0 saturated heterocycles. The second-order valence-electron chi connectivity index (χ2n) is 14.0. The first-order chi connectivity index (χ1) is 26.7. The number of hydrogen-bond acceptors (Lipinski definition) is 9. The number of ether oxygens (including phenoxy) is 2. The van der Waals surface area contributed by atoms with Crippen molar-refractivity contribution in [2.24, 2.45) is 0 Å². The molecule has 0 spiro atoms. The SMILES string of the molecule is CCCCCCCC/C=C/C/C=C/C/C=C/CCCC(=O)OC[C@H](COP(=O)(O)OC[C@@H](O)CO)OC(=O)CCCC/C=C/C/C=C/CCCCCCCC. The lowest BCUT2D eigenvalue weighted by Crippen LogP contribution is -2.29. The summed E-state index contributed by atoms with van der Waals surface area (Å²) in [5.41, 5.74) is 0. The van der Waals surface area contributed by atoms with Crippen LogP contribution in [0, 0.1) is 0 Å². The number of allylic oxidation sites excluding steroid dienone is 10. The molecule has 0 fully saturated rings. The van der Waals surface area contributed by atoms with Crippen molar-refractivity contribution in [2.45, 2.75) is 180 Å². The molecule has 0 aliphatic carbocycles. The molecule has 3 atom stereocenters. The van der Waals surface area contributed by atoms with Crippen molar-refractivity contribution in [3.63, 3.8) is 0 Å². The van der Waals surface area contributed by atoms with Crippen LogP contribution in [0.3, 0.4) is 0 Å². The highest BCUT2D eigenvalue weighted by atomic mass is 31.2. The van der Waals surface area contributed by atoms with Gasteiger partial charge in [0.15, 0.2) is 6.10 Å². The second kappa shape index (κ2) is 39.9. The highest BCUT2D eigenvalue weighted by Gasteiger charge is 2.27. The molecule has 11 heteroatoms. The molecule has 0 amide bonds. The fourth-order valence-electron chi connectivity index (χ4n) is 5.33. The van der Waals surface area contributed by atoms with E-state index >= 15 is 0 Å². The molecule has 0 aromatic rings. The third-order valence-corrected chi connectivity index (χ3v) is 9.60. The van der Waals surface area contributed by atoms with Crippen molar-refractivity contribution in [3.05, 3.63) is 60.8 Å². The standard InChI is InChI=1S/C44H77O10P/c1-3-5-7-9-11-13-15-17-19-20-22-23-25-27-29-31-33-35-43(47)51-39-42(40-53-55(49,50)52-38-41(46)37-45)54-44(48)36-34-32-30-28-26-24-21-18-16-14-12-10-8-6-4-2/h17-19,21-23,26-29,41-42,45-46H,3-16,20,24-25,30-40H2,1-2H3,(H,49,50)/b19-17+,21-18+,23-22+,28-26+,29-27+/t41-,42+/m0/s1. The zero-order chi connectivity index (χ0) is 40.5. The van der Waals surface area contributed by atoms with Gasteiger partial charge in [0.05, 0.1) is 19.8 Å². The lowest BCUT2D eigenvalue weighted by atomic mass is 10.1. The normalized spacial score (nSPS) is 14.5. The molecule has 1 unspecified atom stereocenters. The van der Waals surface area contributed by atoms with E-state index in [9.17, 15) is 24.2 Å². The first-order valence-electron chi connectivity index (χ1n) is 21.2. The van der Waals surface area contributed by atoms with Crippen molar-refractivity contribution < 1.29 is 47.8 Å². The minimum Gasteiger partial charge on any atom is -0.462 e. The molecule has 0 aromatic carbocycles. The van der Waals surface area contributed by atoms with Gasteiger partial charge in [-0.05, 0) is 77.0 Å². The Labute approximate surface area is 334 Å². The number of esters is 2. The number of carbonyl (C=O) groups is 2. The quantitative estimate of drug-likeness (QED) is 0.0237. The van der Waals surface area contributed by atoms with Crippen molar-refractivity contribution in [2.75, 3.05) is 26.4 Å². The van der Waals surface area contributed by atoms with E-state index in [1.165, 1.54) is 77.0 Å². The van der Waals surface area contributed by atoms with Gasteiger partial charge in [-0.1, -0.05) is 139 Å². The van der Waals surface area contributed by atoms with Crippen molar-refractivity contribution >= 4 is 19.8 Å². The van der Waals surface area contributed by atoms with E-state index in [0.717, 1.165) is 44.9 Å². The van der Waals surface area contributed by atoms with Crippen LogP contribution in [-0.4, -0.2) is 65.7 Å². The van der Waals surface area contributed by atoms with Crippen LogP contribution >= 0.6 is 7.82 Å². The van der Waals surface area contributed by atoms with Gasteiger partial charge in [-0.15, -0.1) is 0 Å². The Morgan fingerprint density at radius 2 is 0.964 bits per heavy atom. The molecular formula is C44H77O10P. The van der Waals surface area contributed by atoms with E-state index in [4.69, 9.17) is 19.1 Å². The lowest BCUT2D eigenvalue weighted by Gasteiger charge is -2.20. The number of hydrogen-bond donors (Lipinski definition) is 3. The highest BCUT2D eigenvalue weighted by molar-refractivity contribution is 7.47. The minimum absolute atomic E-state index is 0.129. The van der Waals surface area contributed by atoms with Crippen LogP contribution in [-0.2, 0) is 32.7 Å². The summed E-state index contributed by atoms with van der Waals surface area (Å²) in [6, 6.07) is 0. The number of rotatable bonds is 39. The Hall–Kier alpha value is -2.33. The van der Waals surface area contributed by atoms with Crippen LogP contribution in [0.4, 0.5) is 0 Å². The van der Waals surface area contributed by atoms with E-state index in [1.807, 2.05) is 6.08 Å². The Balaban J connectivity index is 4.46. The third kappa shape index (κ3) is 39.7. The summed E-state index contributed by atoms with van der Waals surface area (Å²) in [4.78, 5) is 34.9. The summed E-state index contributed by atoms with van der Waals surface area (Å²) in [6.45, 7) is 2.26. The number of aliphatic hydroxyl groups is 2. The van der Waals surface area contributed by atoms with Crippen molar-refractivity contribution in [1.29, 1.82) is 0 Å². The van der Waals surface area contributed by atoms with Gasteiger partial charge in [0.25, 0.3) is 0 Å². The molecule has 0 heterocycles. The number of aliphatic hydroxyl groups excluding tert-OH is 2. The maximum atomic E-state index is 12.6. The average molecular weight is 797 g/mol. The maximum Gasteiger partial charge on any atom is 0.472 e. The Morgan fingerprint density at radius 1 is 0.545 bits per heavy atom. The van der Waals surface area contributed by atoms with Gasteiger partial charge >= 0.3 is 19.8 Å². The van der Waals surface area contributed by atoms with E-state index in [-0.39, 0.29) is 19.4 Å². The molecule has 0 aliphatic heterocycles. The van der Waals surface area contributed by atoms with Crippen LogP contribution in [0.5, 0.6) is 0 Å². The topological polar surface area (TPSA) is 149 Å². The molecular weight excluding hydrogens is 719 g/mol. The number of phosphoric acid groups is 1. The largest absolute Gasteiger partial charge is 0.472 e. The van der Waals surface area contributed by atoms with Crippen LogP contribution in [0.2, 0.25) is 0 Å². The van der Waals surface area contributed by atoms with Crippen LogP contribution in [0.15, 0.2) is 60.8 Å². The van der Waals surface area contributed by atoms with Gasteiger partial charge < -0.3 is 24.6 Å². The van der Waals surface area contributed by atoms with Crippen molar-refractivity contribution in [3.8, 4) is 0 Å². The van der Waals surface area contributed by atoms with Gasteiger partial charge in [0, 0.05) is 12.8 Å². The molecule has 3 N–H and O–H groups in total. The smallest absolute Gasteiger partial charge is 0.462 e. The number of unbranched alkanes of at least 4 members (excludes halogenated alkanes) is 15. The predicted octanol–water partition coefficient (Wildman–Crippen LogP) is 11.1. The number of carbonyl (C=O) groups excluding carboxylic acids is 2. The van der Waals surface area contributed by atoms with Crippen molar-refractivity contribution in [1.82, 2.24) is 0 Å². The third-order valence-electron chi connectivity index (χ3n) is 8.64. The average Bonchev–Trinajstić information content (AvgIpc) is 3.17. The first kappa shape index (κ1) is 52.7. The lowest BCUT2D eigenvalue weighted by molar-refractivity contribution is -0.161. The first-order valence-corrected chi connectivity index (χ1v) is 22.7. The van der Waals surface area contributed by atoms with Crippen LogP contribution in [0.25, 0.3) is 0 Å². The summed E-state index contributed by atoms with van der Waals surface area (Å²) >= 11 is 0. The van der Waals surface area contributed by atoms with E-state index in [2.05, 4.69) is 73.1 Å². The summed E-state index contributed by atoms with van der Waals surface area (Å²) in [5, 5.41) is 18.3. The minimum atomic E-state index is -4.64. The molecule has 0 rings (SSSR count). The molecule has 318 valence electrons. The summed E-state index contributed by atoms with van der Waals surface area (Å²) in [5.74, 6) is -1.03. The molecule has 0 radical (unpaired) electrons. The monoisotopic (exact) mass is 797 g/mol. The van der Waals surface area contributed by atoms with E-state index in [0.29, 0.717) is 19.3 Å². The fourth-order valence-corrected chi connectivity index (χ4v) is 6.12. The zero-order valence-corrected chi connectivity index (χ0v) is 35.3. The zero-order valence-electron chi connectivity index (χ0n) is 34.4. The van der Waals surface area contributed by atoms with E-state index < -0.39 is 51.8 Å². The van der Waals surface area contributed by atoms with Gasteiger partial charge in [-0.2, -0.15) is 0 Å². The summed E-state index contributed by atoms with van der Waals surface area (Å²) < 4.78 is 32.6. The van der Waals surface area contributed by atoms with Gasteiger partial charge in [-0.3, -0.25) is 18.6 Å².